The normalized spacial score (nSPS) is 16.4. The second-order valence-electron chi connectivity index (χ2n) is 14.5. The first kappa shape index (κ1) is 55.7. The van der Waals surface area contributed by atoms with E-state index in [0.29, 0.717) is 6.42 Å². The van der Waals surface area contributed by atoms with Crippen molar-refractivity contribution in [3.63, 3.8) is 0 Å². The van der Waals surface area contributed by atoms with Crippen LogP contribution >= 0.6 is 19.6 Å². The molecule has 7 atom stereocenters. The number of rotatable bonds is 38. The first-order valence-corrected chi connectivity index (χ1v) is 23.5. The zero-order valence-electron chi connectivity index (χ0n) is 35.1. The van der Waals surface area contributed by atoms with Gasteiger partial charge in [-0.1, -0.05) is 127 Å². The van der Waals surface area contributed by atoms with Crippen LogP contribution in [0.25, 0.3) is 0 Å². The number of ether oxygens (including phenoxy) is 2. The molecule has 0 aromatic rings. The third kappa shape index (κ3) is 33.5. The molecule has 336 valence electrons. The Labute approximate surface area is 351 Å². The number of hydrogen-bond donors (Lipinski definition) is 6. The molecule has 0 aliphatic rings. The molecule has 0 radical (unpaired) electrons. The van der Waals surface area contributed by atoms with E-state index in [1.807, 2.05) is 18.2 Å². The summed E-state index contributed by atoms with van der Waals surface area (Å²) in [6.07, 6.45) is 25.9. The average molecular weight is 864 g/mol. The summed E-state index contributed by atoms with van der Waals surface area (Å²) in [5.41, 5.74) is 6.14. The van der Waals surface area contributed by atoms with Crippen molar-refractivity contribution < 1.29 is 62.8 Å². The molecule has 0 bridgehead atoms. The third-order valence-electron chi connectivity index (χ3n) is 9.02. The highest BCUT2D eigenvalue weighted by Crippen LogP contribution is 2.43. The van der Waals surface area contributed by atoms with Crippen molar-refractivity contribution >= 4 is 37.5 Å². The SMILES string of the molecule is CCCCC/C=C\C\C=C/C=C/C=C/[C@@H](SC[C@H](N)C(=O)OC[C@H](COP(=O)(O)OC[C@@H](O)CO)OC(=O)CCCCCCCCC(C)CC)[C@@H](O)CCCC(=O)O. The molecule has 0 saturated carbocycles. The van der Waals surface area contributed by atoms with Crippen LogP contribution in [0.1, 0.15) is 130 Å². The molecule has 2 unspecified atom stereocenters. The van der Waals surface area contributed by atoms with E-state index in [2.05, 4.69) is 37.4 Å². The van der Waals surface area contributed by atoms with E-state index in [1.165, 1.54) is 50.3 Å². The quantitative estimate of drug-likeness (QED) is 0.0117. The summed E-state index contributed by atoms with van der Waals surface area (Å²) in [5, 5.41) is 37.7. The number of phosphoric acid groups is 1. The van der Waals surface area contributed by atoms with E-state index in [9.17, 15) is 34.1 Å². The van der Waals surface area contributed by atoms with Crippen molar-refractivity contribution in [1.82, 2.24) is 0 Å². The molecule has 0 aromatic carbocycles. The molecule has 7 N–H and O–H groups in total. The van der Waals surface area contributed by atoms with E-state index in [0.717, 1.165) is 44.4 Å². The molecule has 58 heavy (non-hydrogen) atoms. The van der Waals surface area contributed by atoms with Crippen LogP contribution in [-0.4, -0.2) is 105 Å². The number of phosphoric ester groups is 1. The Morgan fingerprint density at radius 3 is 2.19 bits per heavy atom. The lowest BCUT2D eigenvalue weighted by molar-refractivity contribution is -0.161. The second-order valence-corrected chi connectivity index (χ2v) is 17.1. The second kappa shape index (κ2) is 36.5. The Bertz CT molecular complexity index is 1250. The summed E-state index contributed by atoms with van der Waals surface area (Å²) in [5.74, 6) is -1.70. The minimum absolute atomic E-state index is 0.0173. The van der Waals surface area contributed by atoms with Crippen LogP contribution in [0.3, 0.4) is 0 Å². The lowest BCUT2D eigenvalue weighted by Crippen LogP contribution is -2.38. The minimum atomic E-state index is -4.75. The predicted octanol–water partition coefficient (Wildman–Crippen LogP) is 7.34. The average Bonchev–Trinajstić information content (AvgIpc) is 3.19. The Kier molecular flexibility index (Phi) is 35.0. The highest BCUT2D eigenvalue weighted by atomic mass is 32.2. The number of aliphatic hydroxyl groups excluding tert-OH is 3. The largest absolute Gasteiger partial charge is 0.481 e. The number of unbranched alkanes of at least 4 members (excludes halogenated alkanes) is 8. The van der Waals surface area contributed by atoms with Crippen molar-refractivity contribution in [1.29, 1.82) is 0 Å². The van der Waals surface area contributed by atoms with Gasteiger partial charge in [0.2, 0.25) is 0 Å². The molecule has 0 spiro atoms. The summed E-state index contributed by atoms with van der Waals surface area (Å²) in [7, 11) is -4.75. The van der Waals surface area contributed by atoms with E-state index in [-0.39, 0.29) is 31.4 Å². The van der Waals surface area contributed by atoms with Crippen LogP contribution in [0.2, 0.25) is 0 Å². The number of carbonyl (C=O) groups excluding carboxylic acids is 2. The smallest absolute Gasteiger partial charge is 0.472 e. The molecule has 0 fully saturated rings. The van der Waals surface area contributed by atoms with Gasteiger partial charge in [0.15, 0.2) is 6.10 Å². The number of carboxylic acids is 1. The van der Waals surface area contributed by atoms with E-state index in [4.69, 9.17) is 29.9 Å². The standard InChI is InChI=1S/C42H74NO13PS/c1-4-6-7-8-9-10-11-12-13-14-18-21-26-39(38(46)25-23-27-40(47)48)58-33-37(43)42(50)53-31-36(32-55-57(51,52)54-30-35(45)29-44)56-41(49)28-22-19-16-15-17-20-24-34(3)5-2/h9-10,12-14,18,21,26,34-39,44-46H,4-8,11,15-17,19-20,22-25,27-33,43H2,1-3H3,(H,47,48)(H,51,52)/b10-9-,13-12-,18-14+,26-21+/t34?,35-,36+,37-,38-,39+/m0/s1. The molecule has 0 aliphatic heterocycles. The Hall–Kier alpha value is -2.33. The summed E-state index contributed by atoms with van der Waals surface area (Å²) >= 11 is 1.19. The van der Waals surface area contributed by atoms with Crippen LogP contribution in [0, 0.1) is 5.92 Å². The first-order valence-electron chi connectivity index (χ1n) is 20.9. The maximum Gasteiger partial charge on any atom is 0.472 e. The van der Waals surface area contributed by atoms with Gasteiger partial charge in [0.1, 0.15) is 18.8 Å². The zero-order valence-corrected chi connectivity index (χ0v) is 36.8. The fourth-order valence-corrected chi connectivity index (χ4v) is 7.15. The van der Waals surface area contributed by atoms with Crippen molar-refractivity contribution in [2.45, 2.75) is 160 Å². The molecule has 0 saturated heterocycles. The van der Waals surface area contributed by atoms with Gasteiger partial charge in [-0.3, -0.25) is 23.4 Å². The maximum absolute atomic E-state index is 12.9. The molecule has 0 aliphatic carbocycles. The molecule has 14 nitrogen and oxygen atoms in total. The highest BCUT2D eigenvalue weighted by Gasteiger charge is 2.28. The first-order chi connectivity index (χ1) is 27.7. The zero-order chi connectivity index (χ0) is 43.4. The van der Waals surface area contributed by atoms with Crippen molar-refractivity contribution in [3.8, 4) is 0 Å². The molecular weight excluding hydrogens is 789 g/mol. The topological polar surface area (TPSA) is 232 Å². The van der Waals surface area contributed by atoms with Gasteiger partial charge in [0, 0.05) is 23.8 Å². The summed E-state index contributed by atoms with van der Waals surface area (Å²) in [4.78, 5) is 46.6. The van der Waals surface area contributed by atoms with Crippen LogP contribution in [-0.2, 0) is 37.5 Å². The number of carbonyl (C=O) groups is 3. The highest BCUT2D eigenvalue weighted by molar-refractivity contribution is 8.00. The summed E-state index contributed by atoms with van der Waals surface area (Å²) in [6, 6.07) is -1.17. The van der Waals surface area contributed by atoms with Gasteiger partial charge in [-0.05, 0) is 44.4 Å². The maximum atomic E-state index is 12.9. The lowest BCUT2D eigenvalue weighted by atomic mass is 10.00. The van der Waals surface area contributed by atoms with Crippen molar-refractivity contribution in [2.75, 3.05) is 32.2 Å². The van der Waals surface area contributed by atoms with Gasteiger partial charge in [-0.2, -0.15) is 0 Å². The third-order valence-corrected chi connectivity index (χ3v) is 11.4. The number of allylic oxidation sites excluding steroid dienone is 7. The monoisotopic (exact) mass is 863 g/mol. The molecule has 16 heteroatoms. The lowest BCUT2D eigenvalue weighted by Gasteiger charge is -2.22. The summed E-state index contributed by atoms with van der Waals surface area (Å²) in [6.45, 7) is 3.98. The Morgan fingerprint density at radius 2 is 1.50 bits per heavy atom. The molecule has 0 heterocycles. The van der Waals surface area contributed by atoms with Gasteiger partial charge >= 0.3 is 25.7 Å². The Morgan fingerprint density at radius 1 is 0.810 bits per heavy atom. The number of aliphatic carboxylic acids is 1. The van der Waals surface area contributed by atoms with E-state index < -0.39 is 81.8 Å². The van der Waals surface area contributed by atoms with Crippen LogP contribution < -0.4 is 5.73 Å². The van der Waals surface area contributed by atoms with Crippen LogP contribution in [0.15, 0.2) is 48.6 Å². The number of esters is 2. The fraction of sp³-hybridized carbons (Fsp3) is 0.738. The number of thioether (sulfide) groups is 1. The van der Waals surface area contributed by atoms with Crippen LogP contribution in [0.4, 0.5) is 0 Å². The summed E-state index contributed by atoms with van der Waals surface area (Å²) < 4.78 is 32.7. The minimum Gasteiger partial charge on any atom is -0.481 e. The van der Waals surface area contributed by atoms with Gasteiger partial charge in [0.05, 0.1) is 25.9 Å². The van der Waals surface area contributed by atoms with Gasteiger partial charge in [0.25, 0.3) is 0 Å². The van der Waals surface area contributed by atoms with E-state index >= 15 is 0 Å². The Balaban J connectivity index is 5.31. The number of aliphatic hydroxyl groups is 3. The predicted molar refractivity (Wildman–Crippen MR) is 229 cm³/mol. The van der Waals surface area contributed by atoms with Gasteiger partial charge in [-0.25, -0.2) is 4.57 Å². The number of nitrogens with two attached hydrogens (primary N) is 1. The molecule has 0 rings (SSSR count). The molecule has 0 aromatic heterocycles. The number of carboxylic acid groups (broad SMARTS) is 1. The van der Waals surface area contributed by atoms with Gasteiger partial charge in [-0.15, -0.1) is 11.8 Å². The fourth-order valence-electron chi connectivity index (χ4n) is 5.23. The van der Waals surface area contributed by atoms with Crippen molar-refractivity contribution in [3.05, 3.63) is 48.6 Å². The van der Waals surface area contributed by atoms with Crippen molar-refractivity contribution in [2.24, 2.45) is 11.7 Å². The van der Waals surface area contributed by atoms with Crippen LogP contribution in [0.5, 0.6) is 0 Å². The van der Waals surface area contributed by atoms with Gasteiger partial charge < -0.3 is 40.5 Å². The van der Waals surface area contributed by atoms with E-state index in [1.54, 1.807) is 18.2 Å². The molecule has 0 amide bonds. The molecular formula is C42H74NO13PS. The number of hydrogen-bond acceptors (Lipinski definition) is 13.